The van der Waals surface area contributed by atoms with Crippen LogP contribution in [0.4, 0.5) is 0 Å². The topological polar surface area (TPSA) is 0 Å². The van der Waals surface area contributed by atoms with Crippen molar-refractivity contribution in [2.24, 2.45) is 0 Å². The van der Waals surface area contributed by atoms with Gasteiger partial charge in [0.2, 0.25) is 0 Å². The summed E-state index contributed by atoms with van der Waals surface area (Å²) in [5.74, 6) is 13.7. The van der Waals surface area contributed by atoms with E-state index >= 15 is 0 Å². The molecular formula is C27H26N+. The number of hydrogen-bond donors (Lipinski definition) is 0. The fourth-order valence-electron chi connectivity index (χ4n) is 4.02. The van der Waals surface area contributed by atoms with Crippen LogP contribution in [0.2, 0.25) is 0 Å². The maximum atomic E-state index is 3.51. The van der Waals surface area contributed by atoms with Gasteiger partial charge in [0.15, 0.2) is 0 Å². The minimum atomic E-state index is 0.882. The van der Waals surface area contributed by atoms with Crippen molar-refractivity contribution < 1.29 is 4.48 Å². The summed E-state index contributed by atoms with van der Waals surface area (Å²) >= 11 is 0. The first-order chi connectivity index (χ1) is 13.8. The Bertz CT molecular complexity index is 1050. The molecule has 1 aliphatic heterocycles. The largest absolute Gasteiger partial charge is 0.303 e. The lowest BCUT2D eigenvalue weighted by Gasteiger charge is -2.38. The van der Waals surface area contributed by atoms with Gasteiger partial charge in [-0.25, -0.2) is 0 Å². The standard InChI is InChI=1S/C27H26N/c1-3-12-24(13-4-1)14-10-22-28(20-7-2-8-21-28)23-11-18-26-17-9-16-25-15-5-6-19-27(25)26/h1,3-6,9,12-13,15-17,19H,2,7-8,20-23H2/q+1. The zero-order valence-corrected chi connectivity index (χ0v) is 16.3. The van der Waals surface area contributed by atoms with Gasteiger partial charge in [-0.1, -0.05) is 66.4 Å². The molecule has 28 heavy (non-hydrogen) atoms. The summed E-state index contributed by atoms with van der Waals surface area (Å²) in [4.78, 5) is 0. The van der Waals surface area contributed by atoms with E-state index in [1.807, 2.05) is 18.2 Å². The molecule has 1 heteroatoms. The summed E-state index contributed by atoms with van der Waals surface area (Å²) in [6.07, 6.45) is 3.90. The molecular weight excluding hydrogens is 338 g/mol. The van der Waals surface area contributed by atoms with E-state index in [0.717, 1.165) is 28.7 Å². The molecule has 0 amide bonds. The Balaban J connectivity index is 1.53. The zero-order valence-electron chi connectivity index (χ0n) is 16.3. The third kappa shape index (κ3) is 4.45. The average Bonchev–Trinajstić information content (AvgIpc) is 2.75. The fourth-order valence-corrected chi connectivity index (χ4v) is 4.02. The van der Waals surface area contributed by atoms with E-state index in [0.29, 0.717) is 0 Å². The number of likely N-dealkylation sites (tertiary alicyclic amines) is 1. The minimum absolute atomic E-state index is 0.882. The van der Waals surface area contributed by atoms with Gasteiger partial charge in [-0.15, -0.1) is 0 Å². The third-order valence-electron chi connectivity index (χ3n) is 5.61. The molecule has 0 atom stereocenters. The smallest absolute Gasteiger partial charge is 0.142 e. The number of piperidine rings is 1. The van der Waals surface area contributed by atoms with E-state index in [9.17, 15) is 0 Å². The first-order valence-electron chi connectivity index (χ1n) is 10.2. The lowest BCUT2D eigenvalue weighted by molar-refractivity contribution is -0.919. The van der Waals surface area contributed by atoms with Crippen LogP contribution in [0.1, 0.15) is 30.4 Å². The minimum Gasteiger partial charge on any atom is -0.303 e. The monoisotopic (exact) mass is 364 g/mol. The number of nitrogens with zero attached hydrogens (tertiary/aromatic N) is 1. The summed E-state index contributed by atoms with van der Waals surface area (Å²) in [6.45, 7) is 4.15. The maximum Gasteiger partial charge on any atom is 0.142 e. The maximum absolute atomic E-state index is 3.51. The Morgan fingerprint density at radius 3 is 2.14 bits per heavy atom. The molecule has 1 nitrogen and oxygen atoms in total. The Morgan fingerprint density at radius 2 is 1.32 bits per heavy atom. The molecule has 0 radical (unpaired) electrons. The predicted molar refractivity (Wildman–Crippen MR) is 118 cm³/mol. The molecule has 3 aromatic rings. The van der Waals surface area contributed by atoms with E-state index in [2.05, 4.69) is 78.3 Å². The highest BCUT2D eigenvalue weighted by molar-refractivity contribution is 5.88. The van der Waals surface area contributed by atoms with Crippen LogP contribution in [0.15, 0.2) is 72.8 Å². The van der Waals surface area contributed by atoms with E-state index in [1.54, 1.807) is 0 Å². The molecule has 1 fully saturated rings. The van der Waals surface area contributed by atoms with Crippen molar-refractivity contribution in [2.45, 2.75) is 19.3 Å². The number of hydrogen-bond acceptors (Lipinski definition) is 0. The van der Waals surface area contributed by atoms with Crippen molar-refractivity contribution in [3.05, 3.63) is 83.9 Å². The molecule has 0 spiro atoms. The lowest BCUT2D eigenvalue weighted by atomic mass is 10.0. The second-order valence-electron chi connectivity index (χ2n) is 7.66. The first kappa shape index (κ1) is 18.4. The van der Waals surface area contributed by atoms with Gasteiger partial charge in [0, 0.05) is 11.1 Å². The van der Waals surface area contributed by atoms with E-state index < -0.39 is 0 Å². The van der Waals surface area contributed by atoms with Crippen LogP contribution < -0.4 is 0 Å². The Kier molecular flexibility index (Phi) is 5.77. The van der Waals surface area contributed by atoms with Crippen molar-refractivity contribution in [2.75, 3.05) is 26.2 Å². The Labute approximate surface area is 168 Å². The van der Waals surface area contributed by atoms with Crippen molar-refractivity contribution in [1.82, 2.24) is 0 Å². The van der Waals surface area contributed by atoms with Crippen LogP contribution in [0.5, 0.6) is 0 Å². The van der Waals surface area contributed by atoms with Gasteiger partial charge in [0.1, 0.15) is 13.1 Å². The highest BCUT2D eigenvalue weighted by Crippen LogP contribution is 2.19. The van der Waals surface area contributed by atoms with E-state index in [1.165, 1.54) is 43.1 Å². The molecule has 4 rings (SSSR count). The molecule has 3 aromatic carbocycles. The van der Waals surface area contributed by atoms with Gasteiger partial charge in [-0.05, 0) is 60.1 Å². The molecule has 138 valence electrons. The molecule has 1 saturated heterocycles. The summed E-state index contributed by atoms with van der Waals surface area (Å²) in [7, 11) is 0. The van der Waals surface area contributed by atoms with Crippen molar-refractivity contribution in [3.63, 3.8) is 0 Å². The van der Waals surface area contributed by atoms with Crippen LogP contribution in [-0.4, -0.2) is 30.7 Å². The number of quaternary nitrogens is 1. The van der Waals surface area contributed by atoms with Crippen LogP contribution >= 0.6 is 0 Å². The molecule has 0 unspecified atom stereocenters. The van der Waals surface area contributed by atoms with Crippen molar-refractivity contribution in [1.29, 1.82) is 0 Å². The van der Waals surface area contributed by atoms with Crippen LogP contribution in [0.25, 0.3) is 10.8 Å². The van der Waals surface area contributed by atoms with Crippen molar-refractivity contribution >= 4 is 10.8 Å². The molecule has 0 N–H and O–H groups in total. The van der Waals surface area contributed by atoms with E-state index in [-0.39, 0.29) is 0 Å². The molecule has 1 aliphatic rings. The first-order valence-corrected chi connectivity index (χ1v) is 10.2. The lowest BCUT2D eigenvalue weighted by Crippen LogP contribution is -2.52. The normalized spacial score (nSPS) is 15.1. The fraction of sp³-hybridized carbons (Fsp3) is 0.259. The number of benzene rings is 3. The second kappa shape index (κ2) is 8.79. The van der Waals surface area contributed by atoms with Gasteiger partial charge < -0.3 is 4.48 Å². The van der Waals surface area contributed by atoms with Crippen LogP contribution in [-0.2, 0) is 0 Å². The van der Waals surface area contributed by atoms with Crippen molar-refractivity contribution in [3.8, 4) is 23.7 Å². The number of rotatable bonds is 2. The predicted octanol–water partition coefficient (Wildman–Crippen LogP) is 5.24. The van der Waals surface area contributed by atoms with Gasteiger partial charge in [0.05, 0.1) is 13.1 Å². The number of fused-ring (bicyclic) bond motifs is 1. The highest BCUT2D eigenvalue weighted by atomic mass is 15.3. The van der Waals surface area contributed by atoms with Crippen LogP contribution in [0, 0.1) is 23.7 Å². The molecule has 0 aliphatic carbocycles. The van der Waals surface area contributed by atoms with Gasteiger partial charge in [-0.2, -0.15) is 0 Å². The summed E-state index contributed by atoms with van der Waals surface area (Å²) in [6, 6.07) is 25.1. The van der Waals surface area contributed by atoms with Crippen LogP contribution in [0.3, 0.4) is 0 Å². The van der Waals surface area contributed by atoms with Gasteiger partial charge >= 0.3 is 0 Å². The Morgan fingerprint density at radius 1 is 0.643 bits per heavy atom. The third-order valence-corrected chi connectivity index (χ3v) is 5.61. The highest BCUT2D eigenvalue weighted by Gasteiger charge is 2.27. The molecule has 1 heterocycles. The SMILES string of the molecule is C(#Cc1ccccc1)C[N+]1(CC#Cc2cccc3ccccc23)CCCCC1. The summed E-state index contributed by atoms with van der Waals surface area (Å²) < 4.78 is 1.01. The van der Waals surface area contributed by atoms with Gasteiger partial charge in [0.25, 0.3) is 0 Å². The zero-order chi connectivity index (χ0) is 19.1. The molecule has 0 bridgehead atoms. The molecule has 0 saturated carbocycles. The van der Waals surface area contributed by atoms with E-state index in [4.69, 9.17) is 0 Å². The van der Waals surface area contributed by atoms with Gasteiger partial charge in [-0.3, -0.25) is 0 Å². The summed E-state index contributed by atoms with van der Waals surface area (Å²) in [5, 5.41) is 2.50. The second-order valence-corrected chi connectivity index (χ2v) is 7.66. The molecule has 0 aromatic heterocycles. The quantitative estimate of drug-likeness (QED) is 0.431. The summed E-state index contributed by atoms with van der Waals surface area (Å²) in [5.41, 5.74) is 2.23. The Hall–Kier alpha value is -3.00. The average molecular weight is 365 g/mol.